The van der Waals surface area contributed by atoms with E-state index in [9.17, 15) is 9.59 Å². The number of carbonyl (C=O) groups excluding carboxylic acids is 2. The van der Waals surface area contributed by atoms with Crippen LogP contribution in [0.1, 0.15) is 22.3 Å². The molecule has 0 spiro atoms. The summed E-state index contributed by atoms with van der Waals surface area (Å²) >= 11 is 0. The summed E-state index contributed by atoms with van der Waals surface area (Å²) in [6, 6.07) is 15.0. The molecule has 2 aromatic carbocycles. The number of carbonyl (C=O) groups is 2. The van der Waals surface area contributed by atoms with Crippen molar-refractivity contribution in [2.24, 2.45) is 0 Å². The number of ether oxygens (including phenoxy) is 2. The Bertz CT molecular complexity index is 810. The Labute approximate surface area is 172 Å². The van der Waals surface area contributed by atoms with E-state index in [1.165, 1.54) is 0 Å². The van der Waals surface area contributed by atoms with E-state index < -0.39 is 0 Å². The summed E-state index contributed by atoms with van der Waals surface area (Å²) in [6.07, 6.45) is 1.22. The van der Waals surface area contributed by atoms with Gasteiger partial charge in [0.1, 0.15) is 11.5 Å². The van der Waals surface area contributed by atoms with Crippen molar-refractivity contribution in [3.05, 3.63) is 59.7 Å². The van der Waals surface area contributed by atoms with Gasteiger partial charge in [-0.3, -0.25) is 14.5 Å². The van der Waals surface area contributed by atoms with Gasteiger partial charge >= 0.3 is 0 Å². The maximum atomic E-state index is 12.5. The molecule has 0 radical (unpaired) electrons. The third-order valence-electron chi connectivity index (χ3n) is 5.29. The second kappa shape index (κ2) is 10.1. The number of rotatable bonds is 8. The van der Waals surface area contributed by atoms with Gasteiger partial charge in [-0.05, 0) is 48.4 Å². The fourth-order valence-electron chi connectivity index (χ4n) is 3.43. The number of benzene rings is 2. The van der Waals surface area contributed by atoms with E-state index in [0.29, 0.717) is 31.6 Å². The van der Waals surface area contributed by atoms with Crippen molar-refractivity contribution in [3.8, 4) is 11.5 Å². The average molecular weight is 396 g/mol. The van der Waals surface area contributed by atoms with Gasteiger partial charge in [-0.2, -0.15) is 0 Å². The number of Topliss-reactive ketones (excluding diaryl/α,β-unsaturated/α-hetero) is 1. The van der Waals surface area contributed by atoms with E-state index >= 15 is 0 Å². The maximum absolute atomic E-state index is 12.5. The zero-order valence-corrected chi connectivity index (χ0v) is 17.1. The lowest BCUT2D eigenvalue weighted by Crippen LogP contribution is -2.49. The lowest BCUT2D eigenvalue weighted by Gasteiger charge is -2.34. The molecule has 1 amide bonds. The van der Waals surface area contributed by atoms with Gasteiger partial charge in [0.25, 0.3) is 0 Å². The quantitative estimate of drug-likeness (QED) is 0.642. The lowest BCUT2D eigenvalue weighted by atomic mass is 10.1. The van der Waals surface area contributed by atoms with Crippen LogP contribution in [0.3, 0.4) is 0 Å². The average Bonchev–Trinajstić information content (AvgIpc) is 2.78. The topological polar surface area (TPSA) is 59.1 Å². The Morgan fingerprint density at radius 3 is 1.93 bits per heavy atom. The highest BCUT2D eigenvalue weighted by Gasteiger charge is 2.22. The van der Waals surface area contributed by atoms with Gasteiger partial charge < -0.3 is 14.4 Å². The van der Waals surface area contributed by atoms with E-state index in [2.05, 4.69) is 4.90 Å². The fourth-order valence-corrected chi connectivity index (χ4v) is 3.43. The number of ketones is 1. The molecule has 0 aromatic heterocycles. The van der Waals surface area contributed by atoms with Crippen molar-refractivity contribution in [2.75, 3.05) is 46.9 Å². The summed E-state index contributed by atoms with van der Waals surface area (Å²) in [6.45, 7) is 3.14. The van der Waals surface area contributed by atoms with E-state index in [4.69, 9.17) is 9.47 Å². The van der Waals surface area contributed by atoms with Crippen molar-refractivity contribution in [1.82, 2.24) is 9.80 Å². The number of methoxy groups -OCH3 is 2. The van der Waals surface area contributed by atoms with Gasteiger partial charge in [0.2, 0.25) is 5.91 Å². The summed E-state index contributed by atoms with van der Waals surface area (Å²) in [7, 11) is 3.25. The van der Waals surface area contributed by atoms with Gasteiger partial charge in [-0.1, -0.05) is 12.1 Å². The van der Waals surface area contributed by atoms with Crippen LogP contribution in [-0.4, -0.2) is 68.4 Å². The normalized spacial score (nSPS) is 14.5. The number of amides is 1. The van der Waals surface area contributed by atoms with Crippen LogP contribution in [0.5, 0.6) is 11.5 Å². The Hall–Kier alpha value is -2.86. The SMILES string of the molecule is COc1ccc(CCC(=O)N2CCN(CC(=O)c3ccc(OC)cc3)CC2)cc1. The van der Waals surface area contributed by atoms with E-state index in [0.717, 1.165) is 36.6 Å². The molecule has 0 unspecified atom stereocenters. The molecule has 6 nitrogen and oxygen atoms in total. The first-order valence-corrected chi connectivity index (χ1v) is 9.89. The first-order valence-electron chi connectivity index (χ1n) is 9.89. The Kier molecular flexibility index (Phi) is 7.25. The van der Waals surface area contributed by atoms with Crippen LogP contribution in [0.4, 0.5) is 0 Å². The third-order valence-corrected chi connectivity index (χ3v) is 5.29. The van der Waals surface area contributed by atoms with Crippen LogP contribution in [0.25, 0.3) is 0 Å². The first kappa shape index (κ1) is 20.9. The van der Waals surface area contributed by atoms with Crippen LogP contribution in [0, 0.1) is 0 Å². The lowest BCUT2D eigenvalue weighted by molar-refractivity contribution is -0.132. The highest BCUT2D eigenvalue weighted by molar-refractivity contribution is 5.97. The van der Waals surface area contributed by atoms with Crippen LogP contribution >= 0.6 is 0 Å². The second-order valence-electron chi connectivity index (χ2n) is 7.16. The number of nitrogens with zero attached hydrogens (tertiary/aromatic N) is 2. The van der Waals surface area contributed by atoms with E-state index in [1.54, 1.807) is 38.5 Å². The molecule has 1 aliphatic rings. The summed E-state index contributed by atoms with van der Waals surface area (Å²) in [5.41, 5.74) is 1.81. The molecule has 3 rings (SSSR count). The second-order valence-corrected chi connectivity index (χ2v) is 7.16. The van der Waals surface area contributed by atoms with Gasteiger partial charge in [-0.25, -0.2) is 0 Å². The highest BCUT2D eigenvalue weighted by Crippen LogP contribution is 2.15. The van der Waals surface area contributed by atoms with Crippen LogP contribution < -0.4 is 9.47 Å². The number of piperazine rings is 1. The largest absolute Gasteiger partial charge is 0.497 e. The smallest absolute Gasteiger partial charge is 0.222 e. The molecule has 29 heavy (non-hydrogen) atoms. The summed E-state index contributed by atoms with van der Waals surface area (Å²) in [5, 5.41) is 0. The summed E-state index contributed by atoms with van der Waals surface area (Å²) in [5.74, 6) is 1.82. The molecule has 1 aliphatic heterocycles. The monoisotopic (exact) mass is 396 g/mol. The summed E-state index contributed by atoms with van der Waals surface area (Å²) < 4.78 is 10.3. The third kappa shape index (κ3) is 5.81. The molecular formula is C23H28N2O4. The molecule has 1 saturated heterocycles. The minimum atomic E-state index is 0.0898. The van der Waals surface area contributed by atoms with Crippen molar-refractivity contribution < 1.29 is 19.1 Å². The van der Waals surface area contributed by atoms with Crippen LogP contribution in [-0.2, 0) is 11.2 Å². The minimum Gasteiger partial charge on any atom is -0.497 e. The zero-order chi connectivity index (χ0) is 20.6. The Balaban J connectivity index is 1.41. The molecule has 6 heteroatoms. The molecule has 1 heterocycles. The van der Waals surface area contributed by atoms with Crippen molar-refractivity contribution >= 4 is 11.7 Å². The predicted molar refractivity (Wildman–Crippen MR) is 112 cm³/mol. The predicted octanol–water partition coefficient (Wildman–Crippen LogP) is 2.66. The minimum absolute atomic E-state index is 0.0898. The Morgan fingerprint density at radius 2 is 1.38 bits per heavy atom. The first-order chi connectivity index (χ1) is 14.1. The summed E-state index contributed by atoms with van der Waals surface area (Å²) in [4.78, 5) is 29.0. The van der Waals surface area contributed by atoms with Crippen molar-refractivity contribution in [2.45, 2.75) is 12.8 Å². The Morgan fingerprint density at radius 1 is 0.828 bits per heavy atom. The molecular weight excluding hydrogens is 368 g/mol. The van der Waals surface area contributed by atoms with Gasteiger partial charge in [0, 0.05) is 38.2 Å². The number of hydrogen-bond acceptors (Lipinski definition) is 5. The van der Waals surface area contributed by atoms with E-state index in [-0.39, 0.29) is 11.7 Å². The van der Waals surface area contributed by atoms with Gasteiger partial charge in [-0.15, -0.1) is 0 Å². The van der Waals surface area contributed by atoms with E-state index in [1.807, 2.05) is 29.2 Å². The van der Waals surface area contributed by atoms with Crippen LogP contribution in [0.2, 0.25) is 0 Å². The molecule has 0 saturated carbocycles. The van der Waals surface area contributed by atoms with Gasteiger partial charge in [0.15, 0.2) is 5.78 Å². The van der Waals surface area contributed by atoms with Gasteiger partial charge in [0.05, 0.1) is 20.8 Å². The number of hydrogen-bond donors (Lipinski definition) is 0. The standard InChI is InChI=1S/C23H28N2O4/c1-28-20-8-3-18(4-9-20)5-12-23(27)25-15-13-24(14-16-25)17-22(26)19-6-10-21(29-2)11-7-19/h3-4,6-11H,5,12-17H2,1-2H3. The number of aryl methyl sites for hydroxylation is 1. The fraction of sp³-hybridized carbons (Fsp3) is 0.391. The van der Waals surface area contributed by atoms with Crippen molar-refractivity contribution in [3.63, 3.8) is 0 Å². The van der Waals surface area contributed by atoms with Crippen LogP contribution in [0.15, 0.2) is 48.5 Å². The van der Waals surface area contributed by atoms with Crippen molar-refractivity contribution in [1.29, 1.82) is 0 Å². The molecule has 0 atom stereocenters. The molecule has 2 aromatic rings. The highest BCUT2D eigenvalue weighted by atomic mass is 16.5. The maximum Gasteiger partial charge on any atom is 0.222 e. The zero-order valence-electron chi connectivity index (χ0n) is 17.1. The molecule has 0 bridgehead atoms. The molecule has 1 fully saturated rings. The molecule has 0 N–H and O–H groups in total. The molecule has 154 valence electrons. The molecule has 0 aliphatic carbocycles.